The molecule has 0 spiro atoms. The first-order valence-electron chi connectivity index (χ1n) is 4.90. The lowest BCUT2D eigenvalue weighted by molar-refractivity contribution is -0.0259. The molecule has 86 valence electrons. The molecule has 0 aromatic carbocycles. The molecule has 2 aliphatic rings. The molecule has 7 heteroatoms. The van der Waals surface area contributed by atoms with Gasteiger partial charge in [0.05, 0.1) is 18.9 Å². The van der Waals surface area contributed by atoms with Crippen molar-refractivity contribution in [2.24, 2.45) is 0 Å². The molecule has 0 saturated carbocycles. The van der Waals surface area contributed by atoms with Gasteiger partial charge >= 0.3 is 11.6 Å². The molecule has 2 aliphatic heterocycles. The number of aliphatic hydroxyl groups excluding tert-OH is 1. The maximum Gasteiger partial charge on any atom is 0.311 e. The van der Waals surface area contributed by atoms with Crippen LogP contribution >= 0.6 is 0 Å². The number of hydrogen-bond donors (Lipinski definition) is 1. The van der Waals surface area contributed by atoms with Gasteiger partial charge in [-0.1, -0.05) is 0 Å². The Bertz CT molecular complexity index is 489. The van der Waals surface area contributed by atoms with E-state index in [-0.39, 0.29) is 24.8 Å². The molecule has 1 fully saturated rings. The van der Waals surface area contributed by atoms with Gasteiger partial charge in [0.2, 0.25) is 5.82 Å². The lowest BCUT2D eigenvalue weighted by Crippen LogP contribution is -2.18. The number of nitrogens with zero attached hydrogens (tertiary/aromatic N) is 2. The van der Waals surface area contributed by atoms with E-state index in [2.05, 4.69) is 4.98 Å². The van der Waals surface area contributed by atoms with Crippen LogP contribution in [0.15, 0.2) is 11.0 Å². The summed E-state index contributed by atoms with van der Waals surface area (Å²) in [7, 11) is 0. The first-order valence-corrected chi connectivity index (χ1v) is 4.90. The minimum atomic E-state index is -0.941. The Balaban J connectivity index is 2.00. The number of fused-ring (bicyclic) bond motifs is 3. The fourth-order valence-corrected chi connectivity index (χ4v) is 2.02. The van der Waals surface area contributed by atoms with Gasteiger partial charge in [-0.15, -0.1) is 0 Å². The molecule has 0 radical (unpaired) electrons. The molecule has 3 rings (SSSR count). The summed E-state index contributed by atoms with van der Waals surface area (Å²) in [5, 5.41) is 8.94. The van der Waals surface area contributed by atoms with Crippen molar-refractivity contribution in [2.45, 2.75) is 24.9 Å². The number of rotatable bonds is 1. The van der Waals surface area contributed by atoms with Crippen molar-refractivity contribution in [2.75, 3.05) is 6.61 Å². The van der Waals surface area contributed by atoms with Gasteiger partial charge in [0.15, 0.2) is 6.23 Å². The molecule has 1 saturated heterocycles. The summed E-state index contributed by atoms with van der Waals surface area (Å²) in [6, 6.07) is 0.0674. The van der Waals surface area contributed by atoms with Crippen molar-refractivity contribution in [1.29, 1.82) is 0 Å². The Kier molecular flexibility index (Phi) is 1.98. The number of ether oxygens (including phenoxy) is 2. The standard InChI is InChI=1S/C9H9FN2O4/c10-5-2-12-8-6(1-4(3-13)15-8)16-9(12)11-7(5)14/h2,4,6,8,13H,1,3H2/t4-,6-,8+/m0/s1. The van der Waals surface area contributed by atoms with Crippen molar-refractivity contribution in [1.82, 2.24) is 9.55 Å². The lowest BCUT2D eigenvalue weighted by atomic mass is 10.2. The highest BCUT2D eigenvalue weighted by molar-refractivity contribution is 5.09. The molecular formula is C9H9FN2O4. The second-order valence-corrected chi connectivity index (χ2v) is 3.81. The van der Waals surface area contributed by atoms with Crippen molar-refractivity contribution >= 4 is 0 Å². The van der Waals surface area contributed by atoms with Crippen LogP contribution in [0.4, 0.5) is 4.39 Å². The average molecular weight is 228 g/mol. The second kappa shape index (κ2) is 3.26. The third-order valence-electron chi connectivity index (χ3n) is 2.75. The summed E-state index contributed by atoms with van der Waals surface area (Å²) < 4.78 is 25.2. The molecule has 0 bridgehead atoms. The second-order valence-electron chi connectivity index (χ2n) is 3.81. The summed E-state index contributed by atoms with van der Waals surface area (Å²) in [5.41, 5.74) is -0.940. The van der Waals surface area contributed by atoms with E-state index < -0.39 is 17.6 Å². The summed E-state index contributed by atoms with van der Waals surface area (Å²) in [4.78, 5) is 14.4. The van der Waals surface area contributed by atoms with Gasteiger partial charge in [-0.2, -0.15) is 9.37 Å². The first-order chi connectivity index (χ1) is 7.69. The van der Waals surface area contributed by atoms with Crippen LogP contribution in [-0.2, 0) is 4.74 Å². The van der Waals surface area contributed by atoms with E-state index in [1.165, 1.54) is 4.57 Å². The largest absolute Gasteiger partial charge is 0.456 e. The van der Waals surface area contributed by atoms with Crippen LogP contribution in [0.1, 0.15) is 12.6 Å². The summed E-state index contributed by atoms with van der Waals surface area (Å²) in [6.07, 6.45) is 0.390. The third-order valence-corrected chi connectivity index (χ3v) is 2.75. The van der Waals surface area contributed by atoms with Gasteiger partial charge in [0.25, 0.3) is 0 Å². The molecule has 3 heterocycles. The quantitative estimate of drug-likeness (QED) is 0.696. The van der Waals surface area contributed by atoms with E-state index >= 15 is 0 Å². The predicted molar refractivity (Wildman–Crippen MR) is 48.5 cm³/mol. The fraction of sp³-hybridized carbons (Fsp3) is 0.556. The van der Waals surface area contributed by atoms with Crippen molar-refractivity contribution in [3.8, 4) is 6.01 Å². The van der Waals surface area contributed by atoms with Gasteiger partial charge < -0.3 is 14.6 Å². The molecular weight excluding hydrogens is 219 g/mol. The number of halogens is 1. The minimum Gasteiger partial charge on any atom is -0.456 e. The molecule has 16 heavy (non-hydrogen) atoms. The Labute approximate surface area is 89.2 Å². The van der Waals surface area contributed by atoms with Crippen molar-refractivity contribution in [3.63, 3.8) is 0 Å². The minimum absolute atomic E-state index is 0.0674. The smallest absolute Gasteiger partial charge is 0.311 e. The number of aromatic nitrogens is 2. The molecule has 3 atom stereocenters. The van der Waals surface area contributed by atoms with Gasteiger partial charge in [0, 0.05) is 6.42 Å². The lowest BCUT2D eigenvalue weighted by Gasteiger charge is -2.11. The van der Waals surface area contributed by atoms with Crippen molar-refractivity contribution < 1.29 is 19.0 Å². The molecule has 1 N–H and O–H groups in total. The number of aliphatic hydroxyl groups is 1. The van der Waals surface area contributed by atoms with E-state index in [0.29, 0.717) is 6.42 Å². The SMILES string of the molecule is O=c1nc2n(cc1F)[C@@H]1O[C@H](CO)C[C@@H]1O2. The highest BCUT2D eigenvalue weighted by Crippen LogP contribution is 2.38. The van der Waals surface area contributed by atoms with E-state index in [9.17, 15) is 9.18 Å². The summed E-state index contributed by atoms with van der Waals surface area (Å²) in [6.45, 7) is -0.109. The van der Waals surface area contributed by atoms with E-state index in [1.54, 1.807) is 0 Å². The van der Waals surface area contributed by atoms with Gasteiger partial charge in [-0.25, -0.2) is 0 Å². The molecule has 0 amide bonds. The Hall–Kier alpha value is -1.47. The van der Waals surface area contributed by atoms with E-state index in [1.807, 2.05) is 0 Å². The first kappa shape index (κ1) is 9.73. The third kappa shape index (κ3) is 1.25. The number of hydrogen-bond acceptors (Lipinski definition) is 5. The van der Waals surface area contributed by atoms with Crippen LogP contribution in [0.5, 0.6) is 6.01 Å². The normalized spacial score (nSPS) is 31.0. The monoisotopic (exact) mass is 228 g/mol. The molecule has 1 aromatic heterocycles. The van der Waals surface area contributed by atoms with Gasteiger partial charge in [0.1, 0.15) is 6.10 Å². The highest BCUT2D eigenvalue weighted by atomic mass is 19.1. The van der Waals surface area contributed by atoms with Crippen LogP contribution < -0.4 is 10.3 Å². The Morgan fingerprint density at radius 2 is 2.50 bits per heavy atom. The van der Waals surface area contributed by atoms with Crippen LogP contribution in [-0.4, -0.2) is 33.5 Å². The summed E-state index contributed by atoms with van der Waals surface area (Å²) in [5.74, 6) is -0.941. The topological polar surface area (TPSA) is 73.6 Å². The van der Waals surface area contributed by atoms with Crippen LogP contribution in [0.2, 0.25) is 0 Å². The fourth-order valence-electron chi connectivity index (χ4n) is 2.02. The van der Waals surface area contributed by atoms with Gasteiger partial charge in [-0.3, -0.25) is 9.36 Å². The van der Waals surface area contributed by atoms with E-state index in [0.717, 1.165) is 6.20 Å². The molecule has 0 unspecified atom stereocenters. The molecule has 0 aliphatic carbocycles. The van der Waals surface area contributed by atoms with Crippen molar-refractivity contribution in [3.05, 3.63) is 22.4 Å². The van der Waals surface area contributed by atoms with Crippen LogP contribution in [0, 0.1) is 5.82 Å². The highest BCUT2D eigenvalue weighted by Gasteiger charge is 2.44. The molecule has 6 nitrogen and oxygen atoms in total. The van der Waals surface area contributed by atoms with Gasteiger partial charge in [-0.05, 0) is 0 Å². The summed E-state index contributed by atoms with van der Waals surface area (Å²) >= 11 is 0. The predicted octanol–water partition coefficient (Wildman–Crippen LogP) is -0.577. The molecule has 1 aromatic rings. The van der Waals surface area contributed by atoms with Crippen LogP contribution in [0.25, 0.3) is 0 Å². The average Bonchev–Trinajstić information content (AvgIpc) is 2.77. The zero-order chi connectivity index (χ0) is 11.3. The Morgan fingerprint density at radius 1 is 1.69 bits per heavy atom. The Morgan fingerprint density at radius 3 is 3.25 bits per heavy atom. The maximum atomic E-state index is 13.1. The van der Waals surface area contributed by atoms with E-state index in [4.69, 9.17) is 14.6 Å². The zero-order valence-electron chi connectivity index (χ0n) is 8.17. The maximum absolute atomic E-state index is 13.1. The zero-order valence-corrected chi connectivity index (χ0v) is 8.17. The van der Waals surface area contributed by atoms with Crippen LogP contribution in [0.3, 0.4) is 0 Å².